The molecule has 4 atom stereocenters. The van der Waals surface area contributed by atoms with Gasteiger partial charge < -0.3 is 10.6 Å². The lowest BCUT2D eigenvalue weighted by Crippen LogP contribution is -2.64. The van der Waals surface area contributed by atoms with Gasteiger partial charge in [0, 0.05) is 30.2 Å². The van der Waals surface area contributed by atoms with Crippen LogP contribution < -0.4 is 5.73 Å². The second-order valence-electron chi connectivity index (χ2n) is 7.83. The predicted octanol–water partition coefficient (Wildman–Crippen LogP) is 2.45. The summed E-state index contributed by atoms with van der Waals surface area (Å²) in [7, 11) is 4.70. The molecule has 3 rings (SSSR count). The lowest BCUT2D eigenvalue weighted by Gasteiger charge is -2.54. The van der Waals surface area contributed by atoms with Crippen molar-refractivity contribution >= 4 is 0 Å². The Balaban J connectivity index is 1.78. The molecule has 3 fully saturated rings. The molecule has 1 saturated carbocycles. The fraction of sp³-hybridized carbons (Fsp3) is 1.00. The van der Waals surface area contributed by atoms with E-state index in [4.69, 9.17) is 5.73 Å². The van der Waals surface area contributed by atoms with Crippen LogP contribution >= 0.6 is 0 Å². The number of hydrogen-bond donors (Lipinski definition) is 1. The van der Waals surface area contributed by atoms with E-state index in [-0.39, 0.29) is 5.54 Å². The van der Waals surface area contributed by atoms with Crippen molar-refractivity contribution < 1.29 is 0 Å². The first-order valence-corrected chi connectivity index (χ1v) is 8.72. The average Bonchev–Trinajstić information content (AvgIpc) is 2.69. The minimum atomic E-state index is 0.272. The normalized spacial score (nSPS) is 46.0. The van der Waals surface area contributed by atoms with Gasteiger partial charge in [-0.3, -0.25) is 4.90 Å². The van der Waals surface area contributed by atoms with Gasteiger partial charge in [0.05, 0.1) is 0 Å². The molecular formula is C17H33N3. The van der Waals surface area contributed by atoms with Crippen molar-refractivity contribution in [2.24, 2.45) is 11.7 Å². The van der Waals surface area contributed by atoms with Crippen molar-refractivity contribution in [1.29, 1.82) is 0 Å². The van der Waals surface area contributed by atoms with E-state index in [0.29, 0.717) is 0 Å². The molecule has 0 aromatic rings. The van der Waals surface area contributed by atoms with Gasteiger partial charge in [-0.15, -0.1) is 0 Å². The van der Waals surface area contributed by atoms with E-state index in [1.807, 2.05) is 0 Å². The summed E-state index contributed by atoms with van der Waals surface area (Å²) >= 11 is 0. The van der Waals surface area contributed by atoms with Crippen LogP contribution in [-0.2, 0) is 0 Å². The minimum Gasteiger partial charge on any atom is -0.329 e. The van der Waals surface area contributed by atoms with Gasteiger partial charge >= 0.3 is 0 Å². The van der Waals surface area contributed by atoms with Gasteiger partial charge in [-0.05, 0) is 58.5 Å². The van der Waals surface area contributed by atoms with E-state index in [2.05, 4.69) is 30.8 Å². The van der Waals surface area contributed by atoms with Gasteiger partial charge in [0.15, 0.2) is 0 Å². The highest BCUT2D eigenvalue weighted by molar-refractivity contribution is 5.07. The fourth-order valence-corrected chi connectivity index (χ4v) is 5.37. The summed E-state index contributed by atoms with van der Waals surface area (Å²) in [6.45, 7) is 3.29. The first-order valence-electron chi connectivity index (χ1n) is 8.72. The molecule has 3 aliphatic rings. The third-order valence-corrected chi connectivity index (χ3v) is 6.91. The highest BCUT2D eigenvalue weighted by Crippen LogP contribution is 2.44. The first-order chi connectivity index (χ1) is 9.57. The summed E-state index contributed by atoms with van der Waals surface area (Å²) in [6.07, 6.45) is 11.0. The number of fused-ring (bicyclic) bond motifs is 2. The summed E-state index contributed by atoms with van der Waals surface area (Å²) < 4.78 is 0. The Bertz CT molecular complexity index is 329. The Morgan fingerprint density at radius 2 is 1.70 bits per heavy atom. The van der Waals surface area contributed by atoms with Crippen LogP contribution in [0, 0.1) is 5.92 Å². The molecule has 1 aliphatic carbocycles. The minimum absolute atomic E-state index is 0.272. The van der Waals surface area contributed by atoms with Crippen LogP contribution in [0.5, 0.6) is 0 Å². The quantitative estimate of drug-likeness (QED) is 0.861. The largest absolute Gasteiger partial charge is 0.329 e. The molecule has 4 unspecified atom stereocenters. The van der Waals surface area contributed by atoms with Gasteiger partial charge in [-0.25, -0.2) is 0 Å². The summed E-state index contributed by atoms with van der Waals surface area (Å²) in [4.78, 5) is 5.36. The Labute approximate surface area is 124 Å². The Kier molecular flexibility index (Phi) is 4.13. The molecule has 2 saturated heterocycles. The number of likely N-dealkylation sites (N-methyl/N-ethyl adjacent to an activating group) is 1. The SMILES string of the molecule is CC1CCCCC1N(C)C1(CN)CC2CCC(C1)N2C. The van der Waals surface area contributed by atoms with Crippen LogP contribution in [0.15, 0.2) is 0 Å². The molecular weight excluding hydrogens is 246 g/mol. The van der Waals surface area contributed by atoms with E-state index >= 15 is 0 Å². The van der Waals surface area contributed by atoms with E-state index < -0.39 is 0 Å². The van der Waals surface area contributed by atoms with E-state index in [1.165, 1.54) is 51.4 Å². The Morgan fingerprint density at radius 3 is 2.25 bits per heavy atom. The number of hydrogen-bond acceptors (Lipinski definition) is 3. The summed E-state index contributed by atoms with van der Waals surface area (Å²) in [6, 6.07) is 2.31. The number of nitrogens with two attached hydrogens (primary N) is 1. The monoisotopic (exact) mass is 279 g/mol. The van der Waals surface area contributed by atoms with Gasteiger partial charge in [-0.2, -0.15) is 0 Å². The van der Waals surface area contributed by atoms with Crippen molar-refractivity contribution in [2.75, 3.05) is 20.6 Å². The lowest BCUT2D eigenvalue weighted by molar-refractivity contribution is -0.0293. The van der Waals surface area contributed by atoms with Crippen molar-refractivity contribution in [3.05, 3.63) is 0 Å². The molecule has 3 heteroatoms. The zero-order chi connectivity index (χ0) is 14.3. The second kappa shape index (κ2) is 5.58. The molecule has 2 N–H and O–H groups in total. The maximum atomic E-state index is 6.33. The van der Waals surface area contributed by atoms with E-state index in [0.717, 1.165) is 30.6 Å². The lowest BCUT2D eigenvalue weighted by atomic mass is 9.77. The molecule has 2 heterocycles. The fourth-order valence-electron chi connectivity index (χ4n) is 5.37. The van der Waals surface area contributed by atoms with E-state index in [9.17, 15) is 0 Å². The van der Waals surface area contributed by atoms with Crippen LogP contribution in [0.25, 0.3) is 0 Å². The standard InChI is InChI=1S/C17H33N3/c1-13-6-4-5-7-16(13)20(3)17(12-18)10-14-8-9-15(11-17)19(14)2/h13-16H,4-12,18H2,1-3H3. The molecule has 116 valence electrons. The maximum Gasteiger partial charge on any atom is 0.0361 e. The van der Waals surface area contributed by atoms with Crippen LogP contribution in [-0.4, -0.2) is 54.1 Å². The summed E-state index contributed by atoms with van der Waals surface area (Å²) in [5.41, 5.74) is 6.60. The third-order valence-electron chi connectivity index (χ3n) is 6.91. The summed E-state index contributed by atoms with van der Waals surface area (Å²) in [5, 5.41) is 0. The Morgan fingerprint density at radius 1 is 1.10 bits per heavy atom. The topological polar surface area (TPSA) is 32.5 Å². The van der Waals surface area contributed by atoms with Crippen LogP contribution in [0.1, 0.15) is 58.3 Å². The third kappa shape index (κ3) is 2.32. The summed E-state index contributed by atoms with van der Waals surface area (Å²) in [5.74, 6) is 0.842. The average molecular weight is 279 g/mol. The van der Waals surface area contributed by atoms with Crippen molar-refractivity contribution in [2.45, 2.75) is 82.0 Å². The zero-order valence-electron chi connectivity index (χ0n) is 13.6. The van der Waals surface area contributed by atoms with Gasteiger partial charge in [-0.1, -0.05) is 19.8 Å². The Hall–Kier alpha value is -0.120. The van der Waals surface area contributed by atoms with E-state index in [1.54, 1.807) is 0 Å². The predicted molar refractivity (Wildman–Crippen MR) is 84.8 cm³/mol. The van der Waals surface area contributed by atoms with Crippen LogP contribution in [0.4, 0.5) is 0 Å². The van der Waals surface area contributed by atoms with Crippen LogP contribution in [0.3, 0.4) is 0 Å². The van der Waals surface area contributed by atoms with Crippen molar-refractivity contribution in [3.8, 4) is 0 Å². The maximum absolute atomic E-state index is 6.33. The van der Waals surface area contributed by atoms with Crippen LogP contribution in [0.2, 0.25) is 0 Å². The molecule has 0 radical (unpaired) electrons. The number of piperidine rings is 1. The molecule has 2 bridgehead atoms. The molecule has 0 aromatic heterocycles. The first kappa shape index (κ1) is 14.8. The van der Waals surface area contributed by atoms with Crippen molar-refractivity contribution in [3.63, 3.8) is 0 Å². The van der Waals surface area contributed by atoms with Crippen molar-refractivity contribution in [1.82, 2.24) is 9.80 Å². The zero-order valence-corrected chi connectivity index (χ0v) is 13.6. The number of rotatable bonds is 3. The highest BCUT2D eigenvalue weighted by atomic mass is 15.3. The molecule has 2 aliphatic heterocycles. The smallest absolute Gasteiger partial charge is 0.0361 e. The molecule has 3 nitrogen and oxygen atoms in total. The van der Waals surface area contributed by atoms with Gasteiger partial charge in [0.25, 0.3) is 0 Å². The second-order valence-corrected chi connectivity index (χ2v) is 7.83. The molecule has 20 heavy (non-hydrogen) atoms. The molecule has 0 spiro atoms. The van der Waals surface area contributed by atoms with Gasteiger partial charge in [0.1, 0.15) is 0 Å². The molecule has 0 amide bonds. The molecule has 0 aromatic carbocycles. The van der Waals surface area contributed by atoms with Gasteiger partial charge in [0.2, 0.25) is 0 Å². The highest BCUT2D eigenvalue weighted by Gasteiger charge is 2.50. The number of nitrogens with zero attached hydrogens (tertiary/aromatic N) is 2.